The van der Waals surface area contributed by atoms with E-state index in [-0.39, 0.29) is 28.4 Å². The van der Waals surface area contributed by atoms with Crippen LogP contribution in [0.25, 0.3) is 0 Å². The van der Waals surface area contributed by atoms with Crippen molar-refractivity contribution in [2.45, 2.75) is 91.6 Å². The Morgan fingerprint density at radius 3 is 2.38 bits per heavy atom. The van der Waals surface area contributed by atoms with Gasteiger partial charge in [-0.2, -0.15) is 0 Å². The number of hydrogen-bond acceptors (Lipinski definition) is 5. The molecule has 5 nitrogen and oxygen atoms in total. The van der Waals surface area contributed by atoms with E-state index in [0.717, 1.165) is 32.3 Å². The minimum Gasteiger partial charge on any atom is -0.502 e. The highest BCUT2D eigenvalue weighted by Gasteiger charge is 2.67. The monoisotopic (exact) mass is 468 g/mol. The van der Waals surface area contributed by atoms with Gasteiger partial charge in [-0.15, -0.1) is 0 Å². The van der Waals surface area contributed by atoms with Gasteiger partial charge in [0.15, 0.2) is 17.2 Å². The predicted molar refractivity (Wildman–Crippen MR) is 131 cm³/mol. The molecular weight excluding hydrogens is 428 g/mol. The summed E-state index contributed by atoms with van der Waals surface area (Å²) in [7, 11) is 0. The molecule has 0 saturated heterocycles. The maximum Gasteiger partial charge on any atom is 0.303 e. The summed E-state index contributed by atoms with van der Waals surface area (Å²) in [5, 5.41) is 0. The second kappa shape index (κ2) is 9.13. The molecule has 0 aromatic rings. The van der Waals surface area contributed by atoms with Gasteiger partial charge in [-0.05, 0) is 99.7 Å². The molecule has 0 bridgehead atoms. The fourth-order valence-corrected chi connectivity index (χ4v) is 7.97. The maximum atomic E-state index is 12.8. The average Bonchev–Trinajstić information content (AvgIpc) is 3.10. The number of carbonyl (C=O) groups is 3. The molecule has 0 spiro atoms. The smallest absolute Gasteiger partial charge is 0.303 e. The lowest BCUT2D eigenvalue weighted by Gasteiger charge is -2.58. The molecule has 4 aliphatic carbocycles. The van der Waals surface area contributed by atoms with Crippen LogP contribution in [0.15, 0.2) is 35.6 Å². The largest absolute Gasteiger partial charge is 0.502 e. The van der Waals surface area contributed by atoms with Gasteiger partial charge in [-0.1, -0.05) is 25.5 Å². The summed E-state index contributed by atoms with van der Waals surface area (Å²) in [5.74, 6) is 1.03. The molecule has 0 unspecified atom stereocenters. The molecule has 5 rings (SSSR count). The number of ether oxygens (including phenoxy) is 2. The van der Waals surface area contributed by atoms with Crippen LogP contribution >= 0.6 is 0 Å². The van der Waals surface area contributed by atoms with Crippen LogP contribution in [0.4, 0.5) is 0 Å². The van der Waals surface area contributed by atoms with E-state index in [1.54, 1.807) is 13.2 Å². The molecule has 186 valence electrons. The summed E-state index contributed by atoms with van der Waals surface area (Å²) in [6, 6.07) is 0. The first-order chi connectivity index (χ1) is 16.0. The molecule has 0 aromatic heterocycles. The van der Waals surface area contributed by atoms with Gasteiger partial charge in [0.1, 0.15) is 0 Å². The quantitative estimate of drug-likeness (QED) is 0.473. The topological polar surface area (TPSA) is 69.7 Å². The normalized spacial score (nSPS) is 40.3. The second-order valence-corrected chi connectivity index (χ2v) is 11.4. The minimum absolute atomic E-state index is 0.0160. The first kappa shape index (κ1) is 24.9. The van der Waals surface area contributed by atoms with Crippen LogP contribution in [-0.4, -0.2) is 29.7 Å². The summed E-state index contributed by atoms with van der Waals surface area (Å²) in [6.45, 7) is 10.5. The maximum absolute atomic E-state index is 12.8. The Morgan fingerprint density at radius 2 is 1.82 bits per heavy atom. The van der Waals surface area contributed by atoms with Gasteiger partial charge in [-0.25, -0.2) is 0 Å². The zero-order valence-electron chi connectivity index (χ0n) is 21.4. The van der Waals surface area contributed by atoms with Crippen molar-refractivity contribution in [3.8, 4) is 0 Å². The molecule has 2 saturated carbocycles. The summed E-state index contributed by atoms with van der Waals surface area (Å²) >= 11 is 0. The molecule has 6 atom stereocenters. The Kier molecular flexibility index (Phi) is 6.69. The molecule has 5 aliphatic rings. The zero-order valence-corrected chi connectivity index (χ0v) is 21.4. The van der Waals surface area contributed by atoms with Crippen LogP contribution in [0, 0.1) is 28.6 Å². The van der Waals surface area contributed by atoms with Crippen molar-refractivity contribution < 1.29 is 23.9 Å². The van der Waals surface area contributed by atoms with Crippen molar-refractivity contribution in [2.24, 2.45) is 28.6 Å². The molecule has 34 heavy (non-hydrogen) atoms. The number of Topliss-reactive ketones (excluding diaryl/α,β-unsaturated/α-hetero) is 1. The summed E-state index contributed by atoms with van der Waals surface area (Å²) < 4.78 is 10.7. The van der Waals surface area contributed by atoms with Crippen molar-refractivity contribution in [2.75, 3.05) is 6.61 Å². The predicted octanol–water partition coefficient (Wildman–Crippen LogP) is 5.89. The number of carbonyl (C=O) groups excluding carboxylic acids is 3. The number of rotatable bonds is 2. The van der Waals surface area contributed by atoms with E-state index in [9.17, 15) is 14.4 Å². The first-order valence-electron chi connectivity index (χ1n) is 13.0. The third-order valence-corrected chi connectivity index (χ3v) is 9.66. The lowest BCUT2D eigenvalue weighted by atomic mass is 9.47. The highest BCUT2D eigenvalue weighted by molar-refractivity contribution is 5.92. The van der Waals surface area contributed by atoms with E-state index >= 15 is 0 Å². The molecule has 1 aliphatic heterocycles. The molecular formula is C29H40O5. The highest BCUT2D eigenvalue weighted by Crippen LogP contribution is 2.67. The van der Waals surface area contributed by atoms with Gasteiger partial charge in [0.25, 0.3) is 0 Å². The number of hydrogen-bond donors (Lipinski definition) is 0. The number of fused-ring (bicyclic) bond motifs is 5. The Labute approximate surface area is 204 Å². The fraction of sp³-hybridized carbons (Fsp3) is 0.690. The van der Waals surface area contributed by atoms with E-state index in [1.807, 2.05) is 12.2 Å². The van der Waals surface area contributed by atoms with Crippen LogP contribution < -0.4 is 0 Å². The van der Waals surface area contributed by atoms with Crippen LogP contribution in [0.1, 0.15) is 86.0 Å². The minimum atomic E-state index is -0.990. The average molecular weight is 469 g/mol. The molecule has 5 heteroatoms. The van der Waals surface area contributed by atoms with E-state index in [0.29, 0.717) is 30.6 Å². The molecule has 0 N–H and O–H groups in total. The van der Waals surface area contributed by atoms with Gasteiger partial charge >= 0.3 is 5.97 Å². The van der Waals surface area contributed by atoms with Crippen molar-refractivity contribution >= 4 is 17.5 Å². The SMILES string of the molecule is C1=COCCC1.CC(=O)O[C@]1(C(C)=O)CC[C@H]2[C@@H]3C=C(C)C4=CC(=O)CC[C@]4(C)[C@H]3CC[C@@]21C. The summed E-state index contributed by atoms with van der Waals surface area (Å²) in [6.07, 6.45) is 15.4. The van der Waals surface area contributed by atoms with Gasteiger partial charge in [0.05, 0.1) is 12.9 Å². The van der Waals surface area contributed by atoms with Gasteiger partial charge in [0.2, 0.25) is 0 Å². The third-order valence-electron chi connectivity index (χ3n) is 9.66. The van der Waals surface area contributed by atoms with Crippen LogP contribution in [-0.2, 0) is 23.9 Å². The number of allylic oxidation sites excluding steroid dienone is 5. The molecule has 0 aromatic carbocycles. The van der Waals surface area contributed by atoms with E-state index < -0.39 is 5.60 Å². The lowest BCUT2D eigenvalue weighted by molar-refractivity contribution is -0.185. The first-order valence-corrected chi connectivity index (χ1v) is 13.0. The molecule has 0 amide bonds. The molecule has 1 heterocycles. The van der Waals surface area contributed by atoms with Gasteiger partial charge < -0.3 is 9.47 Å². The van der Waals surface area contributed by atoms with Crippen LogP contribution in [0.2, 0.25) is 0 Å². The number of ketones is 2. The van der Waals surface area contributed by atoms with E-state index in [1.165, 1.54) is 30.9 Å². The van der Waals surface area contributed by atoms with Crippen molar-refractivity contribution in [1.29, 1.82) is 0 Å². The van der Waals surface area contributed by atoms with Crippen LogP contribution in [0.3, 0.4) is 0 Å². The Hall–Kier alpha value is -2.17. The zero-order chi connectivity index (χ0) is 24.7. The fourth-order valence-electron chi connectivity index (χ4n) is 7.97. The van der Waals surface area contributed by atoms with Crippen LogP contribution in [0.5, 0.6) is 0 Å². The van der Waals surface area contributed by atoms with Gasteiger partial charge in [-0.3, -0.25) is 14.4 Å². The van der Waals surface area contributed by atoms with Crippen molar-refractivity contribution in [3.63, 3.8) is 0 Å². The van der Waals surface area contributed by atoms with Crippen molar-refractivity contribution in [1.82, 2.24) is 0 Å². The van der Waals surface area contributed by atoms with Crippen molar-refractivity contribution in [3.05, 3.63) is 35.6 Å². The third kappa shape index (κ3) is 3.89. The van der Waals surface area contributed by atoms with E-state index in [4.69, 9.17) is 9.47 Å². The number of esters is 1. The standard InChI is InChI=1S/C24H32O4.C5H8O/c1-14-12-18-19(22(4)9-6-17(27)13-21(14)22)7-10-23(5)20(18)8-11-24(23,15(2)25)28-16(3)26;1-2-4-6-5-3-1/h12-13,18-20H,6-11H2,1-5H3;2,4H,1,3,5H2/t18-,19+,20+,22-,23+,24+;/m1./s1. The lowest BCUT2D eigenvalue weighted by Crippen LogP contribution is -2.58. The Bertz CT molecular complexity index is 950. The summed E-state index contributed by atoms with van der Waals surface area (Å²) in [4.78, 5) is 36.8. The second-order valence-electron chi connectivity index (χ2n) is 11.4. The Balaban J connectivity index is 0.000000398. The summed E-state index contributed by atoms with van der Waals surface area (Å²) in [5.41, 5.74) is 1.15. The Morgan fingerprint density at radius 1 is 1.09 bits per heavy atom. The molecule has 2 fully saturated rings. The van der Waals surface area contributed by atoms with Gasteiger partial charge in [0, 0.05) is 18.8 Å². The molecule has 0 radical (unpaired) electrons. The van der Waals surface area contributed by atoms with E-state index in [2.05, 4.69) is 26.8 Å². The highest BCUT2D eigenvalue weighted by atomic mass is 16.6.